The van der Waals surface area contributed by atoms with Crippen LogP contribution in [0.3, 0.4) is 0 Å². The number of hydrogen-bond acceptors (Lipinski definition) is 0. The van der Waals surface area contributed by atoms with E-state index in [2.05, 4.69) is 51.5 Å². The van der Waals surface area contributed by atoms with Gasteiger partial charge < -0.3 is 0 Å². The van der Waals surface area contributed by atoms with E-state index in [1.54, 1.807) is 0 Å². The van der Waals surface area contributed by atoms with Crippen LogP contribution in [0.15, 0.2) is 0 Å². The molecule has 0 atom stereocenters. The Hall–Kier alpha value is -0.840. The summed E-state index contributed by atoms with van der Waals surface area (Å²) in [6.07, 6.45) is 3.15. The van der Waals surface area contributed by atoms with Crippen molar-refractivity contribution in [1.82, 2.24) is 0 Å². The Bertz CT molecular complexity index is 282. The number of hydrogen-bond donors (Lipinski definition) is 0. The van der Waals surface area contributed by atoms with Crippen LogP contribution in [0.2, 0.25) is 0 Å². The summed E-state index contributed by atoms with van der Waals surface area (Å²) in [5, 5.41) is 0.940. The van der Waals surface area contributed by atoms with E-state index in [0.717, 1.165) is 18.2 Å². The maximum absolute atomic E-state index is 3.30. The van der Waals surface area contributed by atoms with Crippen molar-refractivity contribution in [2.24, 2.45) is 0 Å². The van der Waals surface area contributed by atoms with E-state index in [1.807, 2.05) is 6.92 Å². The maximum atomic E-state index is 3.30. The third-order valence-corrected chi connectivity index (χ3v) is 1.52. The first-order valence-electron chi connectivity index (χ1n) is 4.35. The molecule has 68 valence electrons. The second-order valence-electron chi connectivity index (χ2n) is 2.21. The molecule has 0 fully saturated rings. The molecule has 0 aromatic rings. The fraction of sp³-hybridized carbons (Fsp3) is 0.500. The first-order valence-corrected chi connectivity index (χ1v) is 5.47. The lowest BCUT2D eigenvalue weighted by molar-refractivity contribution is 1.27. The van der Waals surface area contributed by atoms with Gasteiger partial charge in [0.25, 0.3) is 0 Å². The van der Waals surface area contributed by atoms with Gasteiger partial charge in [-0.3, -0.25) is 0 Å². The van der Waals surface area contributed by atoms with Crippen molar-refractivity contribution in [2.75, 3.05) is 5.33 Å². The van der Waals surface area contributed by atoms with Crippen LogP contribution >= 0.6 is 15.9 Å². The zero-order chi connectivity index (χ0) is 9.78. The van der Waals surface area contributed by atoms with Crippen LogP contribution in [-0.2, 0) is 0 Å². The monoisotopic (exact) mass is 236 g/mol. The third kappa shape index (κ3) is 11.2. The Labute approximate surface area is 89.6 Å². The normalized spacial score (nSPS) is 6.92. The molecule has 0 bridgehead atoms. The lowest BCUT2D eigenvalue weighted by atomic mass is 10.3. The average molecular weight is 237 g/mol. The lowest BCUT2D eigenvalue weighted by Gasteiger charge is -1.75. The molecule has 0 rings (SSSR count). The van der Waals surface area contributed by atoms with E-state index in [9.17, 15) is 0 Å². The second kappa shape index (κ2) is 11.2. The van der Waals surface area contributed by atoms with Crippen LogP contribution in [0.1, 0.15) is 32.6 Å². The molecule has 0 spiro atoms. The van der Waals surface area contributed by atoms with Gasteiger partial charge >= 0.3 is 0 Å². The van der Waals surface area contributed by atoms with E-state index in [-0.39, 0.29) is 0 Å². The zero-order valence-corrected chi connectivity index (χ0v) is 9.50. The smallest absolute Gasteiger partial charge is 0.0702 e. The molecular weight excluding hydrogens is 224 g/mol. The zero-order valence-electron chi connectivity index (χ0n) is 7.91. The predicted molar refractivity (Wildman–Crippen MR) is 61.3 cm³/mol. The summed E-state index contributed by atoms with van der Waals surface area (Å²) in [4.78, 5) is 0. The summed E-state index contributed by atoms with van der Waals surface area (Å²) in [6.45, 7) is 2.03. The molecule has 0 aromatic heterocycles. The molecule has 13 heavy (non-hydrogen) atoms. The lowest BCUT2D eigenvalue weighted by Crippen LogP contribution is -1.67. The fourth-order valence-electron chi connectivity index (χ4n) is 0.599. The van der Waals surface area contributed by atoms with Crippen LogP contribution in [0.4, 0.5) is 0 Å². The Morgan fingerprint density at radius 3 is 1.92 bits per heavy atom. The van der Waals surface area contributed by atoms with Gasteiger partial charge in [0.15, 0.2) is 0 Å². The number of rotatable bonds is 1. The third-order valence-electron chi connectivity index (χ3n) is 1.12. The van der Waals surface area contributed by atoms with E-state index in [4.69, 9.17) is 0 Å². The van der Waals surface area contributed by atoms with Crippen molar-refractivity contribution in [1.29, 1.82) is 0 Å². The molecular formula is C12H13Br. The fourth-order valence-corrected chi connectivity index (χ4v) is 0.797. The highest BCUT2D eigenvalue weighted by molar-refractivity contribution is 9.09. The summed E-state index contributed by atoms with van der Waals surface area (Å²) in [5.41, 5.74) is 0. The quantitative estimate of drug-likeness (QED) is 0.486. The molecule has 1 heteroatoms. The Morgan fingerprint density at radius 1 is 0.846 bits per heavy atom. The molecule has 0 saturated heterocycles. The minimum absolute atomic E-state index is 0.667. The molecule has 0 aliphatic heterocycles. The molecule has 0 unspecified atom stereocenters. The Kier molecular flexibility index (Phi) is 10.4. The molecule has 0 aromatic carbocycles. The highest BCUT2D eigenvalue weighted by atomic mass is 79.9. The van der Waals surface area contributed by atoms with Gasteiger partial charge in [-0.05, 0) is 0 Å². The second-order valence-corrected chi connectivity index (χ2v) is 3.00. The highest BCUT2D eigenvalue weighted by Gasteiger charge is 1.70. The van der Waals surface area contributed by atoms with E-state index in [1.165, 1.54) is 0 Å². The minimum Gasteiger partial charge on any atom is -0.103 e. The molecule has 0 aliphatic rings. The predicted octanol–water partition coefficient (Wildman–Crippen LogP) is 2.97. The Balaban J connectivity index is 3.47. The van der Waals surface area contributed by atoms with Crippen molar-refractivity contribution in [3.63, 3.8) is 0 Å². The van der Waals surface area contributed by atoms with Crippen LogP contribution in [0, 0.1) is 35.5 Å². The van der Waals surface area contributed by atoms with Gasteiger partial charge in [0, 0.05) is 18.2 Å². The largest absolute Gasteiger partial charge is 0.103 e. The van der Waals surface area contributed by atoms with Crippen LogP contribution in [-0.4, -0.2) is 5.33 Å². The van der Waals surface area contributed by atoms with E-state index < -0.39 is 0 Å². The van der Waals surface area contributed by atoms with Crippen molar-refractivity contribution in [2.45, 2.75) is 32.6 Å². The van der Waals surface area contributed by atoms with Gasteiger partial charge in [0.2, 0.25) is 0 Å². The van der Waals surface area contributed by atoms with Crippen LogP contribution < -0.4 is 0 Å². The maximum Gasteiger partial charge on any atom is 0.0702 e. The Morgan fingerprint density at radius 2 is 1.38 bits per heavy atom. The summed E-state index contributed by atoms with van der Waals surface area (Å²) in [6, 6.07) is 0. The van der Waals surface area contributed by atoms with Gasteiger partial charge in [-0.15, -0.1) is 11.8 Å². The number of alkyl halides is 1. The van der Waals surface area contributed by atoms with Crippen molar-refractivity contribution in [3.8, 4) is 35.5 Å². The molecule has 0 heterocycles. The molecule has 0 radical (unpaired) electrons. The first kappa shape index (κ1) is 12.2. The first-order chi connectivity index (χ1) is 6.41. The van der Waals surface area contributed by atoms with Crippen molar-refractivity contribution >= 4 is 15.9 Å². The van der Waals surface area contributed by atoms with E-state index >= 15 is 0 Å². The molecule has 0 amide bonds. The SMILES string of the molecule is CCC#CCC#CCC#CCCBr. The van der Waals surface area contributed by atoms with Gasteiger partial charge in [0.1, 0.15) is 0 Å². The van der Waals surface area contributed by atoms with E-state index in [0.29, 0.717) is 12.8 Å². The molecule has 0 nitrogen and oxygen atoms in total. The standard InChI is InChI=1S/C12H13Br/c1-2-3-4-5-6-7-8-9-10-11-12-13/h2,5,8,11-12H2,1H3. The molecule has 0 N–H and O–H groups in total. The van der Waals surface area contributed by atoms with Gasteiger partial charge in [0.05, 0.1) is 12.8 Å². The topological polar surface area (TPSA) is 0 Å². The van der Waals surface area contributed by atoms with Gasteiger partial charge in [-0.2, -0.15) is 0 Å². The summed E-state index contributed by atoms with van der Waals surface area (Å²) in [7, 11) is 0. The van der Waals surface area contributed by atoms with Crippen molar-refractivity contribution < 1.29 is 0 Å². The molecule has 0 aliphatic carbocycles. The minimum atomic E-state index is 0.667. The van der Waals surface area contributed by atoms with Gasteiger partial charge in [-0.1, -0.05) is 46.5 Å². The van der Waals surface area contributed by atoms with Crippen LogP contribution in [0.5, 0.6) is 0 Å². The van der Waals surface area contributed by atoms with Crippen LogP contribution in [0.25, 0.3) is 0 Å². The highest BCUT2D eigenvalue weighted by Crippen LogP contribution is 1.84. The van der Waals surface area contributed by atoms with Crippen molar-refractivity contribution in [3.05, 3.63) is 0 Å². The average Bonchev–Trinajstić information content (AvgIpc) is 2.16. The van der Waals surface area contributed by atoms with Gasteiger partial charge in [-0.25, -0.2) is 0 Å². The number of halogens is 1. The molecule has 0 saturated carbocycles. The summed E-state index contributed by atoms with van der Waals surface area (Å²) < 4.78 is 0. The summed E-state index contributed by atoms with van der Waals surface area (Å²) >= 11 is 3.30. The summed E-state index contributed by atoms with van der Waals surface area (Å²) in [5.74, 6) is 17.8.